The van der Waals surface area contributed by atoms with E-state index in [1.54, 1.807) is 0 Å². The Morgan fingerprint density at radius 2 is 1.42 bits per heavy atom. The second-order valence-electron chi connectivity index (χ2n) is 5.89. The van der Waals surface area contributed by atoms with Crippen molar-refractivity contribution in [3.05, 3.63) is 0 Å². The van der Waals surface area contributed by atoms with Crippen molar-refractivity contribution < 1.29 is 19.8 Å². The third kappa shape index (κ3) is 15.8. The Morgan fingerprint density at radius 3 is 1.92 bits per heavy atom. The molecule has 0 rings (SSSR count). The Labute approximate surface area is 166 Å². The summed E-state index contributed by atoms with van der Waals surface area (Å²) in [6.07, 6.45) is 7.43. The van der Waals surface area contributed by atoms with Crippen molar-refractivity contribution in [3.8, 4) is 0 Å². The van der Waals surface area contributed by atoms with Crippen molar-refractivity contribution in [2.45, 2.75) is 79.3 Å². The van der Waals surface area contributed by atoms with Gasteiger partial charge in [0, 0.05) is 27.9 Å². The van der Waals surface area contributed by atoms with E-state index in [9.17, 15) is 9.59 Å². The zero-order chi connectivity index (χ0) is 18.4. The molecule has 0 radical (unpaired) electrons. The molecule has 0 aromatic rings. The average Bonchev–Trinajstić information content (AvgIpc) is 2.47. The molecule has 142 valence electrons. The van der Waals surface area contributed by atoms with Gasteiger partial charge in [-0.25, -0.2) is 0 Å². The normalized spacial score (nSPS) is 15.0. The fourth-order valence-corrected chi connectivity index (χ4v) is 5.66. The molecule has 0 heterocycles. The quantitative estimate of drug-likeness (QED) is 0.144. The molecule has 0 bridgehead atoms. The molecule has 0 aliphatic carbocycles. The molecule has 0 aliphatic rings. The van der Waals surface area contributed by atoms with E-state index in [1.807, 2.05) is 11.8 Å². The Kier molecular flexibility index (Phi) is 15.8. The Hall–Kier alpha value is 0.340. The predicted octanol–water partition coefficient (Wildman–Crippen LogP) is 4.64. The highest BCUT2D eigenvalue weighted by molar-refractivity contribution is 8.10. The lowest BCUT2D eigenvalue weighted by Gasteiger charge is -2.22. The molecule has 0 amide bonds. The van der Waals surface area contributed by atoms with Crippen LogP contribution in [0, 0.1) is 0 Å². The van der Waals surface area contributed by atoms with E-state index in [0.29, 0.717) is 11.7 Å². The van der Waals surface area contributed by atoms with Crippen LogP contribution in [0.25, 0.3) is 0 Å². The highest BCUT2D eigenvalue weighted by Crippen LogP contribution is 2.32. The molecule has 3 atom stereocenters. The summed E-state index contributed by atoms with van der Waals surface area (Å²) in [7, 11) is 0. The minimum absolute atomic E-state index is 0.191. The van der Waals surface area contributed by atoms with Gasteiger partial charge in [-0.3, -0.25) is 9.59 Å². The van der Waals surface area contributed by atoms with E-state index in [4.69, 9.17) is 10.2 Å². The van der Waals surface area contributed by atoms with Crippen molar-refractivity contribution in [1.82, 2.24) is 0 Å². The minimum atomic E-state index is -0.745. The van der Waals surface area contributed by atoms with Gasteiger partial charge >= 0.3 is 11.9 Å². The van der Waals surface area contributed by atoms with Crippen LogP contribution >= 0.6 is 49.6 Å². The maximum absolute atomic E-state index is 10.5. The largest absolute Gasteiger partial charge is 0.481 e. The lowest BCUT2D eigenvalue weighted by Crippen LogP contribution is -2.12. The molecular formula is C16H30O4S4. The summed E-state index contributed by atoms with van der Waals surface area (Å²) in [5.74, 6) is -0.663. The molecule has 0 aromatic carbocycles. The van der Waals surface area contributed by atoms with Gasteiger partial charge in [0.2, 0.25) is 0 Å². The molecule has 0 saturated carbocycles. The molecular weight excluding hydrogens is 384 g/mol. The molecule has 8 heteroatoms. The number of aliphatic carboxylic acids is 2. The molecule has 3 unspecified atom stereocenters. The number of unbranched alkanes of at least 4 members (excludes halogenated alkanes) is 2. The lowest BCUT2D eigenvalue weighted by atomic mass is 10.1. The maximum Gasteiger partial charge on any atom is 0.303 e. The molecule has 2 N–H and O–H groups in total. The standard InChI is InChI=1S/C16H30O4S4/c17-14(18)7-3-1-5-12(22)11-16(23)24-13(9-10-21)6-2-4-8-15(19)20/h12-13,16,21-23H,1-11H2,(H,17,18)(H,19,20). The first-order chi connectivity index (χ1) is 11.3. The van der Waals surface area contributed by atoms with E-state index in [1.165, 1.54) is 0 Å². The molecule has 0 spiro atoms. The van der Waals surface area contributed by atoms with Crippen LogP contribution in [0.1, 0.15) is 64.2 Å². The number of hydrogen-bond donors (Lipinski definition) is 5. The van der Waals surface area contributed by atoms with Crippen molar-refractivity contribution in [2.75, 3.05) is 5.75 Å². The summed E-state index contributed by atoms with van der Waals surface area (Å²) in [5.41, 5.74) is 0. The first-order valence-electron chi connectivity index (χ1n) is 8.41. The Bertz CT molecular complexity index is 355. The van der Waals surface area contributed by atoms with Gasteiger partial charge in [-0.2, -0.15) is 37.9 Å². The van der Waals surface area contributed by atoms with Gasteiger partial charge in [0.15, 0.2) is 0 Å². The van der Waals surface area contributed by atoms with Crippen LogP contribution in [-0.2, 0) is 9.59 Å². The van der Waals surface area contributed by atoms with Crippen LogP contribution in [0.5, 0.6) is 0 Å². The topological polar surface area (TPSA) is 74.6 Å². The lowest BCUT2D eigenvalue weighted by molar-refractivity contribution is -0.138. The number of hydrogen-bond acceptors (Lipinski definition) is 6. The number of rotatable bonds is 16. The van der Waals surface area contributed by atoms with E-state index in [-0.39, 0.29) is 22.7 Å². The predicted molar refractivity (Wildman–Crippen MR) is 112 cm³/mol. The molecule has 24 heavy (non-hydrogen) atoms. The van der Waals surface area contributed by atoms with Gasteiger partial charge in [-0.05, 0) is 44.3 Å². The number of carbonyl (C=O) groups is 2. The van der Waals surface area contributed by atoms with Crippen LogP contribution in [0.3, 0.4) is 0 Å². The smallest absolute Gasteiger partial charge is 0.303 e. The molecule has 4 nitrogen and oxygen atoms in total. The van der Waals surface area contributed by atoms with Crippen molar-refractivity contribution >= 4 is 61.6 Å². The van der Waals surface area contributed by atoms with Crippen LogP contribution in [0.4, 0.5) is 0 Å². The monoisotopic (exact) mass is 414 g/mol. The highest BCUT2D eigenvalue weighted by Gasteiger charge is 2.17. The molecule has 0 aliphatic heterocycles. The molecule has 0 aromatic heterocycles. The zero-order valence-electron chi connectivity index (χ0n) is 14.0. The van der Waals surface area contributed by atoms with Gasteiger partial charge in [-0.15, -0.1) is 11.8 Å². The SMILES string of the molecule is O=C(O)CCCCC(S)CC(S)SC(CCS)CCCCC(=O)O. The summed E-state index contributed by atoms with van der Waals surface area (Å²) in [5, 5.41) is 18.0. The second-order valence-corrected chi connectivity index (χ2v) is 9.55. The van der Waals surface area contributed by atoms with E-state index in [2.05, 4.69) is 37.9 Å². The van der Waals surface area contributed by atoms with Crippen molar-refractivity contribution in [1.29, 1.82) is 0 Å². The average molecular weight is 415 g/mol. The van der Waals surface area contributed by atoms with Crippen molar-refractivity contribution in [2.24, 2.45) is 0 Å². The van der Waals surface area contributed by atoms with E-state index < -0.39 is 11.9 Å². The Morgan fingerprint density at radius 1 is 0.875 bits per heavy atom. The third-order valence-corrected chi connectivity index (χ3v) is 6.29. The van der Waals surface area contributed by atoms with Crippen LogP contribution in [0.2, 0.25) is 0 Å². The first-order valence-corrected chi connectivity index (χ1v) is 11.0. The van der Waals surface area contributed by atoms with Crippen LogP contribution < -0.4 is 0 Å². The molecule has 0 fully saturated rings. The van der Waals surface area contributed by atoms with Gasteiger partial charge in [0.1, 0.15) is 0 Å². The van der Waals surface area contributed by atoms with Gasteiger partial charge in [0.25, 0.3) is 0 Å². The maximum atomic E-state index is 10.5. The summed E-state index contributed by atoms with van der Waals surface area (Å²) in [6, 6.07) is 0. The van der Waals surface area contributed by atoms with Crippen LogP contribution in [0.15, 0.2) is 0 Å². The van der Waals surface area contributed by atoms with Gasteiger partial charge in [-0.1, -0.05) is 12.8 Å². The first kappa shape index (κ1) is 24.3. The third-order valence-electron chi connectivity index (χ3n) is 3.62. The van der Waals surface area contributed by atoms with Crippen molar-refractivity contribution in [3.63, 3.8) is 0 Å². The number of carboxylic acids is 2. The number of thiol groups is 3. The fourth-order valence-electron chi connectivity index (χ4n) is 2.36. The summed E-state index contributed by atoms with van der Waals surface area (Å²) >= 11 is 15.4. The fraction of sp³-hybridized carbons (Fsp3) is 0.875. The number of thioether (sulfide) groups is 1. The minimum Gasteiger partial charge on any atom is -0.481 e. The van der Waals surface area contributed by atoms with Crippen LogP contribution in [-0.4, -0.2) is 43.0 Å². The summed E-state index contributed by atoms with van der Waals surface area (Å²) < 4.78 is 0.191. The summed E-state index contributed by atoms with van der Waals surface area (Å²) in [4.78, 5) is 21.0. The second kappa shape index (κ2) is 15.6. The van der Waals surface area contributed by atoms with Gasteiger partial charge in [0.05, 0.1) is 0 Å². The summed E-state index contributed by atoms with van der Waals surface area (Å²) in [6.45, 7) is 0. The number of carboxylic acid groups (broad SMARTS) is 2. The van der Waals surface area contributed by atoms with E-state index >= 15 is 0 Å². The van der Waals surface area contributed by atoms with E-state index in [0.717, 1.165) is 50.7 Å². The zero-order valence-corrected chi connectivity index (χ0v) is 17.5. The molecule has 0 saturated heterocycles. The highest BCUT2D eigenvalue weighted by atomic mass is 32.2. The van der Waals surface area contributed by atoms with Gasteiger partial charge < -0.3 is 10.2 Å². The Balaban J connectivity index is 3.96.